The molecule has 96 valence electrons. The number of rotatable bonds is 1. The molecule has 2 nitrogen and oxygen atoms in total. The SMILES string of the molecule is Fc1cc2c(cc1Br)c(I)cn2C1CCNCC1. The molecule has 0 bridgehead atoms. The molecule has 0 unspecified atom stereocenters. The first-order valence-corrected chi connectivity index (χ1v) is 7.90. The first-order chi connectivity index (χ1) is 8.66. The van der Waals surface area contributed by atoms with Crippen LogP contribution < -0.4 is 5.32 Å². The van der Waals surface area contributed by atoms with Crippen molar-refractivity contribution in [3.8, 4) is 0 Å². The van der Waals surface area contributed by atoms with Gasteiger partial charge in [-0.2, -0.15) is 0 Å². The molecule has 2 heterocycles. The molecule has 3 rings (SSSR count). The minimum atomic E-state index is -0.188. The average molecular weight is 423 g/mol. The third-order valence-electron chi connectivity index (χ3n) is 3.53. The highest BCUT2D eigenvalue weighted by Gasteiger charge is 2.19. The molecule has 0 amide bonds. The first-order valence-electron chi connectivity index (χ1n) is 6.02. The quantitative estimate of drug-likeness (QED) is 0.685. The summed E-state index contributed by atoms with van der Waals surface area (Å²) in [5.74, 6) is -0.188. The standard InChI is InChI=1S/C13H13BrFIN2/c14-10-5-9-12(16)7-18(13(9)6-11(10)15)8-1-3-17-4-2-8/h5-8,17H,1-4H2. The van der Waals surface area contributed by atoms with E-state index in [0.29, 0.717) is 10.5 Å². The Morgan fingerprint density at radius 2 is 2.06 bits per heavy atom. The summed E-state index contributed by atoms with van der Waals surface area (Å²) < 4.78 is 17.7. The largest absolute Gasteiger partial charge is 0.343 e. The molecule has 5 heteroatoms. The summed E-state index contributed by atoms with van der Waals surface area (Å²) in [5, 5.41) is 4.49. The summed E-state index contributed by atoms with van der Waals surface area (Å²) in [6, 6.07) is 4.01. The Balaban J connectivity index is 2.14. The zero-order valence-electron chi connectivity index (χ0n) is 9.72. The van der Waals surface area contributed by atoms with Gasteiger partial charge in [-0.1, -0.05) is 0 Å². The van der Waals surface area contributed by atoms with E-state index in [0.717, 1.165) is 36.8 Å². The molecule has 1 aliphatic rings. The molecule has 1 saturated heterocycles. The topological polar surface area (TPSA) is 17.0 Å². The number of hydrogen-bond donors (Lipinski definition) is 1. The van der Waals surface area contributed by atoms with Gasteiger partial charge in [-0.25, -0.2) is 4.39 Å². The molecule has 1 aromatic heterocycles. The van der Waals surface area contributed by atoms with Crippen LogP contribution in [-0.4, -0.2) is 17.7 Å². The maximum Gasteiger partial charge on any atom is 0.139 e. The van der Waals surface area contributed by atoms with Crippen molar-refractivity contribution in [3.05, 3.63) is 32.2 Å². The van der Waals surface area contributed by atoms with Crippen LogP contribution in [-0.2, 0) is 0 Å². The van der Waals surface area contributed by atoms with Gasteiger partial charge in [0.15, 0.2) is 0 Å². The highest BCUT2D eigenvalue weighted by Crippen LogP contribution is 2.32. The number of nitrogens with zero attached hydrogens (tertiary/aromatic N) is 1. The van der Waals surface area contributed by atoms with Crippen LogP contribution in [0.25, 0.3) is 10.9 Å². The molecule has 1 aromatic carbocycles. The van der Waals surface area contributed by atoms with Crippen molar-refractivity contribution >= 4 is 49.4 Å². The van der Waals surface area contributed by atoms with Gasteiger partial charge in [0.05, 0.1) is 9.99 Å². The molecule has 0 aliphatic carbocycles. The zero-order valence-corrected chi connectivity index (χ0v) is 13.5. The van der Waals surface area contributed by atoms with Gasteiger partial charge in [0.2, 0.25) is 0 Å². The van der Waals surface area contributed by atoms with Gasteiger partial charge in [0.1, 0.15) is 5.82 Å². The van der Waals surface area contributed by atoms with Gasteiger partial charge in [-0.15, -0.1) is 0 Å². The number of fused-ring (bicyclic) bond motifs is 1. The van der Waals surface area contributed by atoms with Crippen LogP contribution in [0.15, 0.2) is 22.8 Å². The van der Waals surface area contributed by atoms with Crippen LogP contribution in [0.3, 0.4) is 0 Å². The molecule has 0 saturated carbocycles. The van der Waals surface area contributed by atoms with E-state index in [1.165, 1.54) is 3.57 Å². The number of benzene rings is 1. The molecule has 0 radical (unpaired) electrons. The van der Waals surface area contributed by atoms with E-state index >= 15 is 0 Å². The van der Waals surface area contributed by atoms with Crippen LogP contribution >= 0.6 is 38.5 Å². The summed E-state index contributed by atoms with van der Waals surface area (Å²) >= 11 is 5.58. The molecular formula is C13H13BrFIN2. The van der Waals surface area contributed by atoms with E-state index in [-0.39, 0.29) is 5.82 Å². The number of hydrogen-bond acceptors (Lipinski definition) is 1. The predicted molar refractivity (Wildman–Crippen MR) is 83.5 cm³/mol. The lowest BCUT2D eigenvalue weighted by atomic mass is 10.1. The van der Waals surface area contributed by atoms with Crippen LogP contribution in [0.5, 0.6) is 0 Å². The normalized spacial score (nSPS) is 17.5. The van der Waals surface area contributed by atoms with Crippen molar-refractivity contribution < 1.29 is 4.39 Å². The first kappa shape index (κ1) is 12.9. The fourth-order valence-electron chi connectivity index (χ4n) is 2.59. The Morgan fingerprint density at radius 1 is 1.33 bits per heavy atom. The Morgan fingerprint density at radius 3 is 2.78 bits per heavy atom. The van der Waals surface area contributed by atoms with Crippen molar-refractivity contribution in [1.29, 1.82) is 0 Å². The maximum absolute atomic E-state index is 13.7. The summed E-state index contributed by atoms with van der Waals surface area (Å²) in [6.07, 6.45) is 4.36. The lowest BCUT2D eigenvalue weighted by molar-refractivity contribution is 0.375. The van der Waals surface area contributed by atoms with Crippen molar-refractivity contribution in [2.75, 3.05) is 13.1 Å². The third-order valence-corrected chi connectivity index (χ3v) is 5.00. The van der Waals surface area contributed by atoms with Crippen molar-refractivity contribution in [2.24, 2.45) is 0 Å². The van der Waals surface area contributed by atoms with Gasteiger partial charge in [0, 0.05) is 21.2 Å². The summed E-state index contributed by atoms with van der Waals surface area (Å²) in [6.45, 7) is 2.08. The second-order valence-corrected chi connectivity index (χ2v) is 6.67. The van der Waals surface area contributed by atoms with Crippen LogP contribution in [0.2, 0.25) is 0 Å². The van der Waals surface area contributed by atoms with E-state index in [9.17, 15) is 4.39 Å². The molecule has 1 fully saturated rings. The Hall–Kier alpha value is -0.140. The number of nitrogens with one attached hydrogen (secondary N) is 1. The van der Waals surface area contributed by atoms with Gasteiger partial charge in [-0.05, 0) is 76.6 Å². The number of aromatic nitrogens is 1. The molecular weight excluding hydrogens is 410 g/mol. The van der Waals surface area contributed by atoms with E-state index in [2.05, 4.69) is 54.6 Å². The van der Waals surface area contributed by atoms with Crippen molar-refractivity contribution in [3.63, 3.8) is 0 Å². The highest BCUT2D eigenvalue weighted by molar-refractivity contribution is 14.1. The number of piperidine rings is 1. The molecule has 0 spiro atoms. The lowest BCUT2D eigenvalue weighted by Gasteiger charge is -2.25. The van der Waals surface area contributed by atoms with Gasteiger partial charge in [-0.3, -0.25) is 0 Å². The highest BCUT2D eigenvalue weighted by atomic mass is 127. The fraction of sp³-hybridized carbons (Fsp3) is 0.385. The zero-order chi connectivity index (χ0) is 12.7. The van der Waals surface area contributed by atoms with Gasteiger partial charge >= 0.3 is 0 Å². The molecule has 0 atom stereocenters. The van der Waals surface area contributed by atoms with Crippen LogP contribution in [0.4, 0.5) is 4.39 Å². The average Bonchev–Trinajstić information content (AvgIpc) is 2.69. The van der Waals surface area contributed by atoms with Crippen LogP contribution in [0, 0.1) is 9.39 Å². The molecule has 1 aliphatic heterocycles. The monoisotopic (exact) mass is 422 g/mol. The van der Waals surface area contributed by atoms with Crippen molar-refractivity contribution in [1.82, 2.24) is 9.88 Å². The molecule has 18 heavy (non-hydrogen) atoms. The second-order valence-electron chi connectivity index (χ2n) is 4.65. The predicted octanol–water partition coefficient (Wildman–Crippen LogP) is 4.07. The van der Waals surface area contributed by atoms with E-state index in [1.54, 1.807) is 6.07 Å². The summed E-state index contributed by atoms with van der Waals surface area (Å²) in [5.41, 5.74) is 1.01. The Kier molecular flexibility index (Phi) is 3.64. The smallest absolute Gasteiger partial charge is 0.139 e. The fourth-order valence-corrected chi connectivity index (χ4v) is 3.66. The minimum Gasteiger partial charge on any atom is -0.343 e. The van der Waals surface area contributed by atoms with E-state index in [1.807, 2.05) is 6.07 Å². The Labute approximate surface area is 127 Å². The molecule has 1 N–H and O–H groups in total. The van der Waals surface area contributed by atoms with E-state index < -0.39 is 0 Å². The van der Waals surface area contributed by atoms with E-state index in [4.69, 9.17) is 0 Å². The minimum absolute atomic E-state index is 0.188. The second kappa shape index (κ2) is 5.09. The molecule has 2 aromatic rings. The summed E-state index contributed by atoms with van der Waals surface area (Å²) in [7, 11) is 0. The van der Waals surface area contributed by atoms with Gasteiger partial charge < -0.3 is 9.88 Å². The van der Waals surface area contributed by atoms with Crippen molar-refractivity contribution in [2.45, 2.75) is 18.9 Å². The summed E-state index contributed by atoms with van der Waals surface area (Å²) in [4.78, 5) is 0. The van der Waals surface area contributed by atoms with Crippen LogP contribution in [0.1, 0.15) is 18.9 Å². The maximum atomic E-state index is 13.7. The Bertz CT molecular complexity index is 590. The van der Waals surface area contributed by atoms with Gasteiger partial charge in [0.25, 0.3) is 0 Å². The number of halogens is 3. The lowest BCUT2D eigenvalue weighted by Crippen LogP contribution is -2.29. The third kappa shape index (κ3) is 2.20.